The van der Waals surface area contributed by atoms with Crippen LogP contribution in [0, 0.1) is 0 Å². The molecule has 2 aliphatic rings. The Morgan fingerprint density at radius 3 is 2.73 bits per heavy atom. The molecule has 3 heterocycles. The fraction of sp³-hybridized carbons (Fsp3) is 0.423. The highest BCUT2D eigenvalue weighted by Gasteiger charge is 2.20. The van der Waals surface area contributed by atoms with E-state index in [2.05, 4.69) is 33.0 Å². The Morgan fingerprint density at radius 1 is 1.06 bits per heavy atom. The van der Waals surface area contributed by atoms with Gasteiger partial charge in [-0.2, -0.15) is 0 Å². The van der Waals surface area contributed by atoms with Crippen molar-refractivity contribution in [3.8, 4) is 5.75 Å². The molecule has 0 aliphatic carbocycles. The van der Waals surface area contributed by atoms with Crippen molar-refractivity contribution in [2.24, 2.45) is 5.73 Å². The number of fused-ring (bicyclic) bond motifs is 2. The second-order valence-corrected chi connectivity index (χ2v) is 9.01. The molecule has 7 heteroatoms. The first-order valence-corrected chi connectivity index (χ1v) is 12.1. The number of para-hydroxylation sites is 1. The molecular formula is C26H33N5O2. The summed E-state index contributed by atoms with van der Waals surface area (Å²) in [6, 6.07) is 16.2. The Morgan fingerprint density at radius 2 is 1.91 bits per heavy atom. The number of unbranched alkanes of at least 4 members (excludes halogenated alkanes) is 1. The Kier molecular flexibility index (Phi) is 6.39. The second kappa shape index (κ2) is 9.75. The van der Waals surface area contributed by atoms with Crippen molar-refractivity contribution in [2.45, 2.75) is 25.7 Å². The summed E-state index contributed by atoms with van der Waals surface area (Å²) in [5, 5.41) is 1.09. The first-order valence-electron chi connectivity index (χ1n) is 12.1. The average Bonchev–Trinajstić information content (AvgIpc) is 3.27. The van der Waals surface area contributed by atoms with Gasteiger partial charge in [-0.05, 0) is 68.1 Å². The van der Waals surface area contributed by atoms with Gasteiger partial charge in [0.25, 0.3) is 0 Å². The summed E-state index contributed by atoms with van der Waals surface area (Å²) in [6.07, 6.45) is 4.19. The number of primary amides is 1. The Balaban J connectivity index is 1.08. The summed E-state index contributed by atoms with van der Waals surface area (Å²) in [5.74, 6) is 1.83. The van der Waals surface area contributed by atoms with Crippen LogP contribution in [0.4, 0.5) is 16.3 Å². The van der Waals surface area contributed by atoms with Crippen molar-refractivity contribution in [3.05, 3.63) is 54.1 Å². The van der Waals surface area contributed by atoms with E-state index in [1.165, 1.54) is 11.3 Å². The predicted molar refractivity (Wildman–Crippen MR) is 133 cm³/mol. The number of benzene rings is 2. The van der Waals surface area contributed by atoms with Crippen LogP contribution in [-0.4, -0.2) is 61.8 Å². The highest BCUT2D eigenvalue weighted by atomic mass is 16.5. The third-order valence-electron chi connectivity index (χ3n) is 6.81. The summed E-state index contributed by atoms with van der Waals surface area (Å²) in [4.78, 5) is 22.0. The Labute approximate surface area is 195 Å². The molecule has 33 heavy (non-hydrogen) atoms. The maximum absolute atomic E-state index is 12.0. The summed E-state index contributed by atoms with van der Waals surface area (Å²) in [5.41, 5.74) is 9.35. The predicted octanol–water partition coefficient (Wildman–Crippen LogP) is 3.98. The lowest BCUT2D eigenvalue weighted by Gasteiger charge is -2.36. The van der Waals surface area contributed by atoms with Crippen molar-refractivity contribution in [1.29, 1.82) is 0 Å². The first-order chi connectivity index (χ1) is 16.2. The Bertz CT molecular complexity index is 1070. The average molecular weight is 448 g/mol. The lowest BCUT2D eigenvalue weighted by molar-refractivity contribution is 0.249. The van der Waals surface area contributed by atoms with Gasteiger partial charge in [0.15, 0.2) is 0 Å². The quantitative estimate of drug-likeness (QED) is 0.537. The normalized spacial score (nSPS) is 16.4. The van der Waals surface area contributed by atoms with E-state index in [4.69, 9.17) is 10.5 Å². The van der Waals surface area contributed by atoms with Crippen LogP contribution in [0.25, 0.3) is 10.9 Å². The minimum atomic E-state index is -0.411. The summed E-state index contributed by atoms with van der Waals surface area (Å²) >= 11 is 0. The van der Waals surface area contributed by atoms with Crippen LogP contribution in [-0.2, 0) is 6.42 Å². The van der Waals surface area contributed by atoms with E-state index >= 15 is 0 Å². The number of rotatable bonds is 7. The molecule has 3 N–H and O–H groups in total. The number of ether oxygens (including phenoxy) is 1. The van der Waals surface area contributed by atoms with Gasteiger partial charge in [0.05, 0.1) is 6.61 Å². The van der Waals surface area contributed by atoms with Crippen LogP contribution >= 0.6 is 0 Å². The number of aromatic nitrogens is 1. The van der Waals surface area contributed by atoms with Crippen LogP contribution in [0.3, 0.4) is 0 Å². The van der Waals surface area contributed by atoms with E-state index in [9.17, 15) is 4.79 Å². The number of nitrogens with one attached hydrogen (secondary N) is 1. The Hall–Kier alpha value is -3.19. The molecule has 0 saturated carbocycles. The smallest absolute Gasteiger partial charge is 0.320 e. The van der Waals surface area contributed by atoms with E-state index in [1.807, 2.05) is 30.3 Å². The molecule has 1 saturated heterocycles. The lowest BCUT2D eigenvalue weighted by Crippen LogP contribution is -2.46. The van der Waals surface area contributed by atoms with Crippen molar-refractivity contribution >= 4 is 28.4 Å². The molecule has 5 rings (SSSR count). The summed E-state index contributed by atoms with van der Waals surface area (Å²) < 4.78 is 5.75. The van der Waals surface area contributed by atoms with Crippen LogP contribution in [0.5, 0.6) is 5.75 Å². The fourth-order valence-electron chi connectivity index (χ4n) is 4.93. The van der Waals surface area contributed by atoms with Gasteiger partial charge in [-0.25, -0.2) is 4.79 Å². The van der Waals surface area contributed by atoms with Gasteiger partial charge in [-0.3, -0.25) is 9.80 Å². The standard InChI is InChI=1S/C26H33N5O2/c27-26(32)31(25-19-20-6-1-2-8-23(20)28-25)12-4-3-11-29-13-15-30(16-14-29)22-9-10-24-21(18-22)7-5-17-33-24/h1-2,6,8-10,18-19,28H,3-5,7,11-17H2,(H2,27,32). The molecule has 0 radical (unpaired) electrons. The molecular weight excluding hydrogens is 414 g/mol. The van der Waals surface area contributed by atoms with Crippen molar-refractivity contribution in [2.75, 3.05) is 55.7 Å². The maximum atomic E-state index is 12.0. The van der Waals surface area contributed by atoms with Gasteiger partial charge in [0, 0.05) is 49.3 Å². The van der Waals surface area contributed by atoms with Crippen LogP contribution in [0.1, 0.15) is 24.8 Å². The van der Waals surface area contributed by atoms with E-state index < -0.39 is 6.03 Å². The number of anilines is 2. The number of carbonyl (C=O) groups excluding carboxylic acids is 1. The van der Waals surface area contributed by atoms with E-state index in [0.717, 1.165) is 87.5 Å². The monoisotopic (exact) mass is 447 g/mol. The zero-order valence-electron chi connectivity index (χ0n) is 19.1. The molecule has 0 atom stereocenters. The molecule has 0 spiro atoms. The number of hydrogen-bond acceptors (Lipinski definition) is 4. The number of aromatic amines is 1. The first kappa shape index (κ1) is 21.6. The molecule has 1 aromatic heterocycles. The molecule has 2 aromatic carbocycles. The summed E-state index contributed by atoms with van der Waals surface area (Å²) in [6.45, 7) is 6.73. The zero-order valence-corrected chi connectivity index (χ0v) is 19.1. The fourth-order valence-corrected chi connectivity index (χ4v) is 4.93. The lowest BCUT2D eigenvalue weighted by atomic mass is 10.0. The molecule has 174 valence electrons. The number of amides is 2. The van der Waals surface area contributed by atoms with Gasteiger partial charge < -0.3 is 20.4 Å². The van der Waals surface area contributed by atoms with Gasteiger partial charge >= 0.3 is 6.03 Å². The second-order valence-electron chi connectivity index (χ2n) is 9.01. The molecule has 0 bridgehead atoms. The molecule has 7 nitrogen and oxygen atoms in total. The minimum absolute atomic E-state index is 0.411. The van der Waals surface area contributed by atoms with E-state index in [1.54, 1.807) is 4.90 Å². The van der Waals surface area contributed by atoms with Crippen molar-refractivity contribution < 1.29 is 9.53 Å². The van der Waals surface area contributed by atoms with Gasteiger partial charge in [-0.15, -0.1) is 0 Å². The molecule has 3 aromatic rings. The van der Waals surface area contributed by atoms with Crippen LogP contribution in [0.2, 0.25) is 0 Å². The molecule has 2 amide bonds. The zero-order chi connectivity index (χ0) is 22.6. The minimum Gasteiger partial charge on any atom is -0.493 e. The maximum Gasteiger partial charge on any atom is 0.320 e. The van der Waals surface area contributed by atoms with E-state index in [0.29, 0.717) is 6.54 Å². The number of urea groups is 1. The highest BCUT2D eigenvalue weighted by molar-refractivity contribution is 5.94. The number of H-pyrrole nitrogens is 1. The summed E-state index contributed by atoms with van der Waals surface area (Å²) in [7, 11) is 0. The van der Waals surface area contributed by atoms with E-state index in [-0.39, 0.29) is 0 Å². The molecule has 2 aliphatic heterocycles. The van der Waals surface area contributed by atoms with Gasteiger partial charge in [-0.1, -0.05) is 18.2 Å². The number of piperazine rings is 1. The number of aryl methyl sites for hydroxylation is 1. The van der Waals surface area contributed by atoms with Gasteiger partial charge in [0.2, 0.25) is 0 Å². The number of carbonyl (C=O) groups is 1. The van der Waals surface area contributed by atoms with Crippen LogP contribution < -0.4 is 20.3 Å². The van der Waals surface area contributed by atoms with Crippen LogP contribution in [0.15, 0.2) is 48.5 Å². The SMILES string of the molecule is NC(=O)N(CCCCN1CCN(c2ccc3c(c2)CCCO3)CC1)c1cc2ccccc2[nH]1. The number of nitrogens with two attached hydrogens (primary N) is 1. The largest absolute Gasteiger partial charge is 0.493 e. The third kappa shape index (κ3) is 4.93. The topological polar surface area (TPSA) is 77.8 Å². The molecule has 0 unspecified atom stereocenters. The number of hydrogen-bond donors (Lipinski definition) is 2. The van der Waals surface area contributed by atoms with Crippen molar-refractivity contribution in [3.63, 3.8) is 0 Å². The third-order valence-corrected chi connectivity index (χ3v) is 6.81. The molecule has 1 fully saturated rings. The highest BCUT2D eigenvalue weighted by Crippen LogP contribution is 2.29. The van der Waals surface area contributed by atoms with Crippen molar-refractivity contribution in [1.82, 2.24) is 9.88 Å². The number of nitrogens with zero attached hydrogens (tertiary/aromatic N) is 3. The van der Waals surface area contributed by atoms with Gasteiger partial charge in [0.1, 0.15) is 11.6 Å².